The van der Waals surface area contributed by atoms with Crippen molar-refractivity contribution in [1.29, 1.82) is 0 Å². The Kier molecular flexibility index (Phi) is 13.2. The van der Waals surface area contributed by atoms with Crippen molar-refractivity contribution in [3.63, 3.8) is 0 Å². The van der Waals surface area contributed by atoms with Gasteiger partial charge in [-0.15, -0.1) is 0 Å². The van der Waals surface area contributed by atoms with Crippen molar-refractivity contribution in [1.82, 2.24) is 5.32 Å². The van der Waals surface area contributed by atoms with Crippen LogP contribution in [0.15, 0.2) is 29.2 Å². The van der Waals surface area contributed by atoms with Gasteiger partial charge in [0.25, 0.3) is 10.1 Å². The molecule has 7 nitrogen and oxygen atoms in total. The number of carbonyl (C=O) groups is 2. The van der Waals surface area contributed by atoms with Crippen molar-refractivity contribution in [2.75, 3.05) is 6.54 Å². The molecule has 0 aliphatic carbocycles. The summed E-state index contributed by atoms with van der Waals surface area (Å²) < 4.78 is 29.6. The predicted octanol–water partition coefficient (Wildman–Crippen LogP) is 3.57. The number of carboxylic acids is 1. The molecule has 1 rings (SSSR count). The second kappa shape index (κ2) is 14.2. The van der Waals surface area contributed by atoms with E-state index in [2.05, 4.69) is 12.2 Å². The molecule has 0 aliphatic rings. The summed E-state index contributed by atoms with van der Waals surface area (Å²) in [5.74, 6) is -1.15. The molecular formula is C19H31NO6S. The zero-order chi connectivity index (χ0) is 20.7. The molecule has 0 fully saturated rings. The minimum Gasteiger partial charge on any atom is -0.480 e. The number of unbranched alkanes of at least 4 members (excludes halogenated alkanes) is 6. The molecule has 27 heavy (non-hydrogen) atoms. The van der Waals surface area contributed by atoms with Gasteiger partial charge >= 0.3 is 5.97 Å². The van der Waals surface area contributed by atoms with E-state index in [1.807, 2.05) is 6.92 Å². The monoisotopic (exact) mass is 401 g/mol. The van der Waals surface area contributed by atoms with E-state index in [4.69, 9.17) is 9.66 Å². The van der Waals surface area contributed by atoms with Crippen LogP contribution in [0.25, 0.3) is 0 Å². The summed E-state index contributed by atoms with van der Waals surface area (Å²) in [7, 11) is -4.02. The molecule has 3 N–H and O–H groups in total. The van der Waals surface area contributed by atoms with Gasteiger partial charge in [-0.25, -0.2) is 0 Å². The van der Waals surface area contributed by atoms with Gasteiger partial charge in [-0.05, 0) is 25.5 Å². The van der Waals surface area contributed by atoms with Gasteiger partial charge < -0.3 is 10.4 Å². The van der Waals surface area contributed by atoms with Crippen LogP contribution in [0, 0.1) is 6.92 Å². The molecular weight excluding hydrogens is 370 g/mol. The summed E-state index contributed by atoms with van der Waals surface area (Å²) in [6.45, 7) is 3.76. The lowest BCUT2D eigenvalue weighted by Gasteiger charge is -2.02. The van der Waals surface area contributed by atoms with Crippen LogP contribution < -0.4 is 5.32 Å². The molecule has 1 aromatic carbocycles. The predicted molar refractivity (Wildman–Crippen MR) is 104 cm³/mol. The van der Waals surface area contributed by atoms with E-state index in [9.17, 15) is 18.0 Å². The van der Waals surface area contributed by atoms with E-state index in [1.165, 1.54) is 44.2 Å². The van der Waals surface area contributed by atoms with Gasteiger partial charge in [-0.1, -0.05) is 63.1 Å². The first-order chi connectivity index (χ1) is 12.7. The van der Waals surface area contributed by atoms with Crippen LogP contribution >= 0.6 is 0 Å². The van der Waals surface area contributed by atoms with Crippen molar-refractivity contribution in [3.05, 3.63) is 29.8 Å². The Morgan fingerprint density at radius 2 is 1.48 bits per heavy atom. The highest BCUT2D eigenvalue weighted by atomic mass is 32.2. The van der Waals surface area contributed by atoms with Gasteiger partial charge in [0.05, 0.1) is 4.90 Å². The van der Waals surface area contributed by atoms with Crippen LogP contribution in [0.2, 0.25) is 0 Å². The average Bonchev–Trinajstić information content (AvgIpc) is 2.59. The molecule has 0 saturated carbocycles. The lowest BCUT2D eigenvalue weighted by Crippen LogP contribution is -2.28. The fraction of sp³-hybridized carbons (Fsp3) is 0.579. The normalized spacial score (nSPS) is 10.6. The summed E-state index contributed by atoms with van der Waals surface area (Å²) in [5, 5.41) is 10.7. The second-order valence-electron chi connectivity index (χ2n) is 6.33. The molecule has 154 valence electrons. The highest BCUT2D eigenvalue weighted by Gasteiger charge is 2.06. The Bertz CT molecular complexity index is 655. The van der Waals surface area contributed by atoms with E-state index < -0.39 is 16.1 Å². The summed E-state index contributed by atoms with van der Waals surface area (Å²) in [4.78, 5) is 21.2. The first kappa shape index (κ1) is 25.1. The number of hydrogen-bond donors (Lipinski definition) is 3. The van der Waals surface area contributed by atoms with Crippen LogP contribution in [0.3, 0.4) is 0 Å². The van der Waals surface area contributed by atoms with E-state index in [1.54, 1.807) is 12.1 Å². The van der Waals surface area contributed by atoms with Crippen molar-refractivity contribution in [3.8, 4) is 0 Å². The van der Waals surface area contributed by atoms with Crippen molar-refractivity contribution >= 4 is 22.0 Å². The largest absolute Gasteiger partial charge is 0.480 e. The van der Waals surface area contributed by atoms with Crippen molar-refractivity contribution < 1.29 is 27.7 Å². The zero-order valence-corrected chi connectivity index (χ0v) is 16.9. The summed E-state index contributed by atoms with van der Waals surface area (Å²) in [5.41, 5.74) is 0.956. The van der Waals surface area contributed by atoms with Gasteiger partial charge in [-0.2, -0.15) is 8.42 Å². The number of nitrogens with one attached hydrogen (secondary N) is 1. The molecule has 0 heterocycles. The highest BCUT2D eigenvalue weighted by molar-refractivity contribution is 7.85. The number of benzene rings is 1. The molecule has 1 aromatic rings. The van der Waals surface area contributed by atoms with Gasteiger partial charge in [0.15, 0.2) is 0 Å². The fourth-order valence-corrected chi connectivity index (χ4v) is 2.70. The SMILES string of the molecule is CCCCCCCCCC(=O)NCC(=O)O.Cc1ccc(S(=O)(=O)O)cc1. The van der Waals surface area contributed by atoms with Crippen molar-refractivity contribution in [2.24, 2.45) is 0 Å². The maximum absolute atomic E-state index is 11.1. The summed E-state index contributed by atoms with van der Waals surface area (Å²) in [6.07, 6.45) is 8.60. The topological polar surface area (TPSA) is 121 Å². The molecule has 0 radical (unpaired) electrons. The number of carboxylic acid groups (broad SMARTS) is 1. The van der Waals surface area contributed by atoms with Crippen LogP contribution in [0.4, 0.5) is 0 Å². The summed E-state index contributed by atoms with van der Waals surface area (Å²) >= 11 is 0. The summed E-state index contributed by atoms with van der Waals surface area (Å²) in [6, 6.07) is 5.99. The Hall–Kier alpha value is -1.93. The van der Waals surface area contributed by atoms with E-state index in [0.717, 1.165) is 18.4 Å². The zero-order valence-electron chi connectivity index (χ0n) is 16.1. The third-order valence-electron chi connectivity index (χ3n) is 3.76. The number of amides is 1. The molecule has 0 aliphatic heterocycles. The highest BCUT2D eigenvalue weighted by Crippen LogP contribution is 2.09. The lowest BCUT2D eigenvalue weighted by molar-refractivity contribution is -0.137. The Morgan fingerprint density at radius 1 is 0.963 bits per heavy atom. The van der Waals surface area contributed by atoms with E-state index >= 15 is 0 Å². The van der Waals surface area contributed by atoms with Crippen LogP contribution in [0.5, 0.6) is 0 Å². The Balaban J connectivity index is 0.000000533. The smallest absolute Gasteiger partial charge is 0.322 e. The maximum atomic E-state index is 11.1. The first-order valence-corrected chi connectivity index (χ1v) is 10.6. The number of hydrogen-bond acceptors (Lipinski definition) is 4. The Morgan fingerprint density at radius 3 is 1.96 bits per heavy atom. The third-order valence-corrected chi connectivity index (χ3v) is 4.63. The standard InChI is InChI=1S/C12H23NO3.C7H8O3S/c1-2-3-4-5-6-7-8-9-11(14)13-10-12(15)16;1-6-2-4-7(5-3-6)11(8,9)10/h2-10H2,1H3,(H,13,14)(H,15,16);2-5H,1H3,(H,8,9,10). The van der Waals surface area contributed by atoms with Crippen LogP contribution in [0.1, 0.15) is 63.9 Å². The first-order valence-electron chi connectivity index (χ1n) is 9.19. The number of aliphatic carboxylic acids is 1. The second-order valence-corrected chi connectivity index (χ2v) is 7.75. The number of rotatable bonds is 11. The number of aryl methyl sites for hydroxylation is 1. The maximum Gasteiger partial charge on any atom is 0.322 e. The molecule has 0 saturated heterocycles. The van der Waals surface area contributed by atoms with E-state index in [-0.39, 0.29) is 17.3 Å². The van der Waals surface area contributed by atoms with Gasteiger partial charge in [-0.3, -0.25) is 14.1 Å². The van der Waals surface area contributed by atoms with Crippen LogP contribution in [-0.2, 0) is 19.7 Å². The Labute approximate surface area is 161 Å². The fourth-order valence-electron chi connectivity index (χ4n) is 2.22. The van der Waals surface area contributed by atoms with Gasteiger partial charge in [0.1, 0.15) is 6.54 Å². The lowest BCUT2D eigenvalue weighted by atomic mass is 10.1. The molecule has 0 unspecified atom stereocenters. The van der Waals surface area contributed by atoms with Gasteiger partial charge in [0, 0.05) is 6.42 Å². The third kappa shape index (κ3) is 14.9. The molecule has 0 aromatic heterocycles. The van der Waals surface area contributed by atoms with Gasteiger partial charge in [0.2, 0.25) is 5.91 Å². The van der Waals surface area contributed by atoms with E-state index in [0.29, 0.717) is 6.42 Å². The molecule has 8 heteroatoms. The molecule has 1 amide bonds. The average molecular weight is 402 g/mol. The van der Waals surface area contributed by atoms with Crippen molar-refractivity contribution in [2.45, 2.75) is 70.1 Å². The minimum absolute atomic E-state index is 0.0666. The quantitative estimate of drug-likeness (QED) is 0.385. The number of carbonyl (C=O) groups excluding carboxylic acids is 1. The molecule has 0 bridgehead atoms. The minimum atomic E-state index is -4.02. The molecule has 0 spiro atoms. The van der Waals surface area contributed by atoms with Crippen LogP contribution in [-0.4, -0.2) is 36.5 Å². The molecule has 0 atom stereocenters.